The summed E-state index contributed by atoms with van der Waals surface area (Å²) in [5.74, 6) is -0.470. The highest BCUT2D eigenvalue weighted by Crippen LogP contribution is 2.26. The number of benzene rings is 2. The molecule has 0 spiro atoms. The zero-order valence-corrected chi connectivity index (χ0v) is 12.6. The summed E-state index contributed by atoms with van der Waals surface area (Å²) in [6.07, 6.45) is 0.325. The summed E-state index contributed by atoms with van der Waals surface area (Å²) in [6, 6.07) is 9.06. The van der Waals surface area contributed by atoms with Crippen molar-refractivity contribution in [1.82, 2.24) is 0 Å². The molecule has 0 saturated carbocycles. The van der Waals surface area contributed by atoms with Crippen LogP contribution in [-0.2, 0) is 28.9 Å². The Bertz CT molecular complexity index is 860. The highest BCUT2D eigenvalue weighted by Gasteiger charge is 2.20. The molecular formula is C17H14N2O5. The molecule has 0 saturated heterocycles. The zero-order chi connectivity index (χ0) is 17.3. The number of rotatable bonds is 5. The van der Waals surface area contributed by atoms with Crippen LogP contribution in [0.4, 0.5) is 11.4 Å². The fourth-order valence-electron chi connectivity index (χ4n) is 2.77. The van der Waals surface area contributed by atoms with Crippen molar-refractivity contribution in [2.24, 2.45) is 0 Å². The van der Waals surface area contributed by atoms with E-state index in [1.165, 1.54) is 12.1 Å². The molecule has 0 aliphatic carbocycles. The average Bonchev–Trinajstić information content (AvgIpc) is 2.88. The first-order valence-corrected chi connectivity index (χ1v) is 7.32. The van der Waals surface area contributed by atoms with E-state index < -0.39 is 4.92 Å². The number of phenolic OH excluding ortho intramolecular Hbond substituents is 1. The molecule has 0 radical (unpaired) electrons. The molecular weight excluding hydrogens is 312 g/mol. The van der Waals surface area contributed by atoms with Crippen LogP contribution < -0.4 is 5.32 Å². The van der Waals surface area contributed by atoms with Crippen molar-refractivity contribution in [3.63, 3.8) is 0 Å². The van der Waals surface area contributed by atoms with Crippen LogP contribution in [-0.4, -0.2) is 21.7 Å². The Morgan fingerprint density at radius 1 is 1.21 bits per heavy atom. The lowest BCUT2D eigenvalue weighted by atomic mass is 9.99. The predicted molar refractivity (Wildman–Crippen MR) is 86.0 cm³/mol. The van der Waals surface area contributed by atoms with Gasteiger partial charge in [-0.15, -0.1) is 0 Å². The molecule has 2 aromatic rings. The first-order chi connectivity index (χ1) is 11.4. The quantitative estimate of drug-likeness (QED) is 0.646. The summed E-state index contributed by atoms with van der Waals surface area (Å²) < 4.78 is 0. The van der Waals surface area contributed by atoms with Gasteiger partial charge in [-0.2, -0.15) is 0 Å². The van der Waals surface area contributed by atoms with E-state index in [4.69, 9.17) is 0 Å². The summed E-state index contributed by atoms with van der Waals surface area (Å²) in [6.45, 7) is 0. The van der Waals surface area contributed by atoms with Gasteiger partial charge in [0.05, 0.1) is 17.4 Å². The Kier molecular flexibility index (Phi) is 3.99. The van der Waals surface area contributed by atoms with E-state index in [1.807, 2.05) is 0 Å². The molecule has 1 heterocycles. The fraction of sp³-hybridized carbons (Fsp3) is 0.176. The number of nitro benzene ring substituents is 1. The van der Waals surface area contributed by atoms with Crippen LogP contribution in [0.15, 0.2) is 36.4 Å². The minimum atomic E-state index is -0.616. The highest BCUT2D eigenvalue weighted by molar-refractivity contribution is 5.99. The molecule has 3 rings (SSSR count). The maximum absolute atomic E-state index is 12.2. The summed E-state index contributed by atoms with van der Waals surface area (Å²) in [5.41, 5.74) is 2.36. The fourth-order valence-corrected chi connectivity index (χ4v) is 2.77. The Labute approximate surface area is 137 Å². The van der Waals surface area contributed by atoms with Crippen LogP contribution in [0.1, 0.15) is 16.7 Å². The molecule has 0 atom stereocenters. The number of nitrogens with zero attached hydrogens (tertiary/aromatic N) is 1. The van der Waals surface area contributed by atoms with Crippen LogP contribution in [0.5, 0.6) is 5.75 Å². The lowest BCUT2D eigenvalue weighted by Crippen LogP contribution is -2.08. The second kappa shape index (κ2) is 6.11. The lowest BCUT2D eigenvalue weighted by Gasteiger charge is -2.05. The van der Waals surface area contributed by atoms with Crippen molar-refractivity contribution < 1.29 is 19.6 Å². The monoisotopic (exact) mass is 326 g/mol. The van der Waals surface area contributed by atoms with Gasteiger partial charge in [-0.3, -0.25) is 19.7 Å². The number of hydrogen-bond donors (Lipinski definition) is 2. The molecule has 7 heteroatoms. The molecule has 7 nitrogen and oxygen atoms in total. The lowest BCUT2D eigenvalue weighted by molar-refractivity contribution is -0.385. The molecule has 1 aliphatic heterocycles. The third kappa shape index (κ3) is 3.24. The molecule has 0 bridgehead atoms. The van der Waals surface area contributed by atoms with Crippen molar-refractivity contribution >= 4 is 23.1 Å². The number of fused-ring (bicyclic) bond motifs is 1. The largest absolute Gasteiger partial charge is 0.508 e. The second-order valence-electron chi connectivity index (χ2n) is 5.68. The number of amides is 1. The van der Waals surface area contributed by atoms with Crippen LogP contribution in [0.3, 0.4) is 0 Å². The van der Waals surface area contributed by atoms with Crippen molar-refractivity contribution in [2.75, 3.05) is 5.32 Å². The number of aromatic hydroxyl groups is 1. The molecule has 2 N–H and O–H groups in total. The Hall–Kier alpha value is -3.22. The minimum Gasteiger partial charge on any atom is -0.508 e. The predicted octanol–water partition coefficient (Wildman–Crippen LogP) is 2.15. The number of hydrogen-bond acceptors (Lipinski definition) is 5. The first kappa shape index (κ1) is 15.7. The Morgan fingerprint density at radius 3 is 2.75 bits per heavy atom. The van der Waals surface area contributed by atoms with E-state index in [0.717, 1.165) is 22.9 Å². The number of carbonyl (C=O) groups excluding carboxylic acids is 2. The summed E-state index contributed by atoms with van der Waals surface area (Å²) in [7, 11) is 0. The van der Waals surface area contributed by atoms with E-state index in [-0.39, 0.29) is 41.5 Å². The van der Waals surface area contributed by atoms with Crippen molar-refractivity contribution in [1.29, 1.82) is 0 Å². The number of nitro groups is 1. The standard InChI is InChI=1S/C17H14N2O5/c20-13-3-2-11(16(9-13)19(23)24)7-14(21)6-10-1-4-15-12(5-10)8-17(22)18-15/h1-5,9,20H,6-8H2,(H,18,22). The highest BCUT2D eigenvalue weighted by atomic mass is 16.6. The molecule has 1 aliphatic rings. The van der Waals surface area contributed by atoms with Gasteiger partial charge in [0.2, 0.25) is 5.91 Å². The zero-order valence-electron chi connectivity index (χ0n) is 12.6. The molecule has 0 aromatic heterocycles. The summed E-state index contributed by atoms with van der Waals surface area (Å²) >= 11 is 0. The van der Waals surface area contributed by atoms with Crippen LogP contribution in [0.25, 0.3) is 0 Å². The van der Waals surface area contributed by atoms with E-state index >= 15 is 0 Å². The Morgan fingerprint density at radius 2 is 2.00 bits per heavy atom. The SMILES string of the molecule is O=C(Cc1ccc2c(c1)CC(=O)N2)Cc1ccc(O)cc1[N+](=O)[O-]. The van der Waals surface area contributed by atoms with Gasteiger partial charge in [0.1, 0.15) is 11.5 Å². The van der Waals surface area contributed by atoms with Gasteiger partial charge in [0, 0.05) is 24.1 Å². The van der Waals surface area contributed by atoms with Gasteiger partial charge in [0.15, 0.2) is 0 Å². The third-order valence-electron chi connectivity index (χ3n) is 3.85. The van der Waals surface area contributed by atoms with Crippen LogP contribution >= 0.6 is 0 Å². The number of anilines is 1. The van der Waals surface area contributed by atoms with E-state index in [0.29, 0.717) is 6.42 Å². The van der Waals surface area contributed by atoms with Gasteiger partial charge >= 0.3 is 0 Å². The number of phenols is 1. The number of carbonyl (C=O) groups is 2. The van der Waals surface area contributed by atoms with Gasteiger partial charge in [0.25, 0.3) is 5.69 Å². The van der Waals surface area contributed by atoms with Crippen molar-refractivity contribution in [3.8, 4) is 5.75 Å². The van der Waals surface area contributed by atoms with Gasteiger partial charge in [-0.25, -0.2) is 0 Å². The molecule has 24 heavy (non-hydrogen) atoms. The number of nitrogens with one attached hydrogen (secondary N) is 1. The maximum Gasteiger partial charge on any atom is 0.276 e. The van der Waals surface area contributed by atoms with E-state index in [1.54, 1.807) is 18.2 Å². The van der Waals surface area contributed by atoms with Gasteiger partial charge in [-0.1, -0.05) is 12.1 Å². The van der Waals surface area contributed by atoms with Gasteiger partial charge in [-0.05, 0) is 29.3 Å². The smallest absolute Gasteiger partial charge is 0.276 e. The normalized spacial score (nSPS) is 12.6. The van der Waals surface area contributed by atoms with Crippen LogP contribution in [0, 0.1) is 10.1 Å². The summed E-state index contributed by atoms with van der Waals surface area (Å²) in [4.78, 5) is 34.0. The van der Waals surface area contributed by atoms with Crippen molar-refractivity contribution in [3.05, 3.63) is 63.2 Å². The van der Waals surface area contributed by atoms with E-state index in [2.05, 4.69) is 5.32 Å². The van der Waals surface area contributed by atoms with Crippen LogP contribution in [0.2, 0.25) is 0 Å². The number of ketones is 1. The number of Topliss-reactive ketones (excluding diaryl/α,β-unsaturated/α-hetero) is 1. The Balaban J connectivity index is 1.74. The average molecular weight is 326 g/mol. The minimum absolute atomic E-state index is 0.0757. The third-order valence-corrected chi connectivity index (χ3v) is 3.85. The molecule has 0 fully saturated rings. The second-order valence-corrected chi connectivity index (χ2v) is 5.68. The van der Waals surface area contributed by atoms with Crippen molar-refractivity contribution in [2.45, 2.75) is 19.3 Å². The first-order valence-electron chi connectivity index (χ1n) is 7.32. The van der Waals surface area contributed by atoms with Gasteiger partial charge < -0.3 is 10.4 Å². The molecule has 1 amide bonds. The topological polar surface area (TPSA) is 110 Å². The van der Waals surface area contributed by atoms with E-state index in [9.17, 15) is 24.8 Å². The molecule has 2 aromatic carbocycles. The summed E-state index contributed by atoms with van der Waals surface area (Å²) in [5, 5.41) is 23.1. The molecule has 0 unspecified atom stereocenters. The maximum atomic E-state index is 12.2. The molecule has 122 valence electrons.